The van der Waals surface area contributed by atoms with Crippen LogP contribution in [0.2, 0.25) is 0 Å². The monoisotopic (exact) mass is 426 g/mol. The molecule has 0 aromatic heterocycles. The van der Waals surface area contributed by atoms with Crippen LogP contribution in [0.4, 0.5) is 0 Å². The molecule has 3 N–H and O–H groups in total. The zero-order valence-electron chi connectivity index (χ0n) is 19.7. The first-order valence-electron chi connectivity index (χ1n) is 12.9. The smallest absolute Gasteiger partial charge is 0.163 e. The molecule has 4 fully saturated rings. The highest BCUT2D eigenvalue weighted by molar-refractivity contribution is 6.02. The summed E-state index contributed by atoms with van der Waals surface area (Å²) in [7, 11) is 0. The van der Waals surface area contributed by atoms with E-state index in [1.807, 2.05) is 0 Å². The molecule has 2 aliphatic heterocycles. The molecule has 4 heteroatoms. The Balaban J connectivity index is 1.39. The zero-order chi connectivity index (χ0) is 21.7. The predicted octanol–water partition coefficient (Wildman–Crippen LogP) is 3.15. The first kappa shape index (κ1) is 20.6. The van der Waals surface area contributed by atoms with Gasteiger partial charge in [-0.2, -0.15) is 0 Å². The Hall–Kier alpha value is -0.970. The van der Waals surface area contributed by atoms with Crippen molar-refractivity contribution in [3.8, 4) is 0 Å². The van der Waals surface area contributed by atoms with E-state index in [4.69, 9.17) is 4.74 Å². The number of nitrogens with two attached hydrogens (primary N) is 1. The fourth-order valence-corrected chi connectivity index (χ4v) is 9.07. The van der Waals surface area contributed by atoms with Crippen molar-refractivity contribution in [2.75, 3.05) is 6.54 Å². The lowest BCUT2D eigenvalue weighted by molar-refractivity contribution is -0.710. The maximum absolute atomic E-state index is 14.1. The summed E-state index contributed by atoms with van der Waals surface area (Å²) in [4.78, 5) is 14.1. The lowest BCUT2D eigenvalue weighted by Gasteiger charge is -2.48. The van der Waals surface area contributed by atoms with Crippen molar-refractivity contribution < 1.29 is 20.0 Å². The van der Waals surface area contributed by atoms with Gasteiger partial charge < -0.3 is 15.2 Å². The van der Waals surface area contributed by atoms with E-state index in [0.29, 0.717) is 41.6 Å². The Morgan fingerprint density at radius 1 is 1.23 bits per heavy atom. The molecule has 0 radical (unpaired) electrons. The average Bonchev–Trinajstić information content (AvgIpc) is 3.18. The fourth-order valence-electron chi connectivity index (χ4n) is 9.07. The van der Waals surface area contributed by atoms with Crippen LogP contribution >= 0.6 is 0 Å². The molecule has 0 bridgehead atoms. The van der Waals surface area contributed by atoms with E-state index in [0.717, 1.165) is 50.5 Å². The minimum atomic E-state index is -0.231. The Morgan fingerprint density at radius 2 is 2.03 bits per heavy atom. The molecule has 1 spiro atoms. The number of piperidine rings is 1. The average molecular weight is 427 g/mol. The molecule has 0 unspecified atom stereocenters. The van der Waals surface area contributed by atoms with Crippen molar-refractivity contribution in [3.05, 3.63) is 22.8 Å². The van der Waals surface area contributed by atoms with Gasteiger partial charge in [0.1, 0.15) is 12.1 Å². The molecule has 0 aromatic rings. The quantitative estimate of drug-likeness (QED) is 0.585. The lowest BCUT2D eigenvalue weighted by atomic mass is 9.56. The van der Waals surface area contributed by atoms with Gasteiger partial charge in [-0.25, -0.2) is 0 Å². The molecule has 31 heavy (non-hydrogen) atoms. The van der Waals surface area contributed by atoms with Crippen molar-refractivity contribution in [2.45, 2.75) is 96.5 Å². The molecule has 2 saturated carbocycles. The van der Waals surface area contributed by atoms with Gasteiger partial charge in [0.2, 0.25) is 0 Å². The first-order chi connectivity index (χ1) is 14.8. The van der Waals surface area contributed by atoms with Crippen molar-refractivity contribution in [3.63, 3.8) is 0 Å². The highest BCUT2D eigenvalue weighted by atomic mass is 16.5. The number of ketones is 1. The van der Waals surface area contributed by atoms with Crippen LogP contribution in [0, 0.1) is 35.0 Å². The number of quaternary nitrogens is 1. The third kappa shape index (κ3) is 2.62. The number of hydrogen-bond acceptors (Lipinski definition) is 3. The summed E-state index contributed by atoms with van der Waals surface area (Å²) in [6, 6.07) is 0.535. The SMILES string of the molecule is CC1=C2C(=O)[C@@H]3[C@@H](CC=C4C[C@H](O)CC[C@@]43C)[C@H]2CC[C@@]12O[C@@H]1C[C@H](C)C[NH2+][C@@H]1[C@@H]2C. The Morgan fingerprint density at radius 3 is 2.84 bits per heavy atom. The number of carbonyl (C=O) groups excluding carboxylic acids is 1. The van der Waals surface area contributed by atoms with E-state index in [2.05, 4.69) is 39.1 Å². The van der Waals surface area contributed by atoms with E-state index in [9.17, 15) is 9.90 Å². The normalized spacial score (nSPS) is 53.7. The second kappa shape index (κ2) is 6.77. The summed E-state index contributed by atoms with van der Waals surface area (Å²) in [5.41, 5.74) is 3.50. The van der Waals surface area contributed by atoms with Gasteiger partial charge in [-0.15, -0.1) is 0 Å². The van der Waals surface area contributed by atoms with Gasteiger partial charge in [0, 0.05) is 23.3 Å². The summed E-state index contributed by atoms with van der Waals surface area (Å²) in [5, 5.41) is 12.8. The third-order valence-electron chi connectivity index (χ3n) is 10.8. The molecule has 170 valence electrons. The number of rotatable bonds is 0. The van der Waals surface area contributed by atoms with Crippen LogP contribution in [0.3, 0.4) is 0 Å². The van der Waals surface area contributed by atoms with Crippen LogP contribution in [0.1, 0.15) is 72.6 Å². The van der Waals surface area contributed by atoms with E-state index in [1.54, 1.807) is 0 Å². The highest BCUT2D eigenvalue weighted by Gasteiger charge is 2.64. The van der Waals surface area contributed by atoms with Crippen LogP contribution in [0.5, 0.6) is 0 Å². The topological polar surface area (TPSA) is 63.1 Å². The summed E-state index contributed by atoms with van der Waals surface area (Å²) in [6.45, 7) is 10.5. The molecule has 4 nitrogen and oxygen atoms in total. The van der Waals surface area contributed by atoms with Gasteiger partial charge in [-0.3, -0.25) is 4.79 Å². The maximum atomic E-state index is 14.1. The second-order valence-corrected chi connectivity index (χ2v) is 12.2. The second-order valence-electron chi connectivity index (χ2n) is 12.2. The van der Waals surface area contributed by atoms with Crippen LogP contribution in [0.25, 0.3) is 0 Å². The molecule has 0 aromatic carbocycles. The van der Waals surface area contributed by atoms with Crippen molar-refractivity contribution in [1.82, 2.24) is 0 Å². The molecule has 0 amide bonds. The number of ether oxygens (including phenoxy) is 1. The third-order valence-corrected chi connectivity index (χ3v) is 10.8. The minimum absolute atomic E-state index is 0.0592. The van der Waals surface area contributed by atoms with E-state index >= 15 is 0 Å². The number of allylic oxidation sites excluding steroid dienone is 2. The van der Waals surface area contributed by atoms with Crippen LogP contribution in [-0.2, 0) is 9.53 Å². The molecule has 2 heterocycles. The van der Waals surface area contributed by atoms with Crippen LogP contribution < -0.4 is 5.32 Å². The molecule has 2 saturated heterocycles. The van der Waals surface area contributed by atoms with Gasteiger partial charge in [-0.1, -0.05) is 32.4 Å². The number of carbonyl (C=O) groups is 1. The first-order valence-corrected chi connectivity index (χ1v) is 12.9. The molecule has 4 aliphatic carbocycles. The summed E-state index contributed by atoms with van der Waals surface area (Å²) in [6.07, 6.45) is 9.38. The van der Waals surface area contributed by atoms with Crippen LogP contribution in [-0.4, -0.2) is 41.3 Å². The Labute approximate surface area is 186 Å². The number of aliphatic hydroxyl groups excluding tert-OH is 1. The summed E-state index contributed by atoms with van der Waals surface area (Å²) < 4.78 is 6.96. The predicted molar refractivity (Wildman–Crippen MR) is 119 cm³/mol. The van der Waals surface area contributed by atoms with Crippen molar-refractivity contribution in [2.24, 2.45) is 35.0 Å². The van der Waals surface area contributed by atoms with Crippen LogP contribution in [0.15, 0.2) is 22.8 Å². The minimum Gasteiger partial charge on any atom is -0.393 e. The number of aliphatic hydroxyl groups is 1. The molecule has 6 aliphatic rings. The molecular formula is C27H40NO3+. The Bertz CT molecular complexity index is 876. The highest BCUT2D eigenvalue weighted by Crippen LogP contribution is 2.63. The van der Waals surface area contributed by atoms with Gasteiger partial charge in [0.15, 0.2) is 5.78 Å². The van der Waals surface area contributed by atoms with Gasteiger partial charge in [-0.05, 0) is 74.7 Å². The van der Waals surface area contributed by atoms with E-state index in [1.165, 1.54) is 17.7 Å². The summed E-state index contributed by atoms with van der Waals surface area (Å²) in [5.74, 6) is 2.56. The van der Waals surface area contributed by atoms with Gasteiger partial charge in [0.25, 0.3) is 0 Å². The summed E-state index contributed by atoms with van der Waals surface area (Å²) >= 11 is 0. The molecular weight excluding hydrogens is 386 g/mol. The fraction of sp³-hybridized carbons (Fsp3) is 0.815. The zero-order valence-corrected chi connectivity index (χ0v) is 19.7. The lowest BCUT2D eigenvalue weighted by Crippen LogP contribution is -2.96. The largest absolute Gasteiger partial charge is 0.393 e. The maximum Gasteiger partial charge on any atom is 0.163 e. The van der Waals surface area contributed by atoms with E-state index in [-0.39, 0.29) is 23.0 Å². The van der Waals surface area contributed by atoms with Gasteiger partial charge in [0.05, 0.1) is 18.2 Å². The number of hydrogen-bond donors (Lipinski definition) is 2. The number of Topliss-reactive ketones (excluding diaryl/α,β-unsaturated/α-hetero) is 1. The molecule has 6 rings (SSSR count). The molecule has 10 atom stereocenters. The van der Waals surface area contributed by atoms with Gasteiger partial charge >= 0.3 is 0 Å². The standard InChI is InChI=1S/C27H39NO3/c1-14-11-21-24(28-13-14)16(3)27(31-21)10-8-19-20-6-5-17-12-18(29)7-9-26(17,4)23(20)25(30)22(19)15(27)2/h5,14,16,18-21,23-24,28-29H,6-13H2,1-4H3/p+1/t14-,16-,18+,19+,20-,21+,23-,24+,26-,27+/m0/s1. The van der Waals surface area contributed by atoms with Crippen molar-refractivity contribution >= 4 is 5.78 Å². The van der Waals surface area contributed by atoms with Crippen molar-refractivity contribution in [1.29, 1.82) is 0 Å². The number of fused-ring (bicyclic) bond motifs is 6. The Kier molecular flexibility index (Phi) is 4.51. The van der Waals surface area contributed by atoms with E-state index < -0.39 is 0 Å².